The third kappa shape index (κ3) is 4.74. The molecular formula is C9H19N3OS. The van der Waals surface area contributed by atoms with Crippen molar-refractivity contribution in [1.82, 2.24) is 15.8 Å². The van der Waals surface area contributed by atoms with Crippen LogP contribution in [-0.2, 0) is 4.74 Å². The lowest BCUT2D eigenvalue weighted by molar-refractivity contribution is 0.0247. The number of rotatable bonds is 3. The molecule has 0 aromatic heterocycles. The van der Waals surface area contributed by atoms with Gasteiger partial charge in [-0.3, -0.25) is 5.43 Å². The van der Waals surface area contributed by atoms with Crippen molar-refractivity contribution in [2.75, 3.05) is 32.8 Å². The van der Waals surface area contributed by atoms with Crippen molar-refractivity contribution in [3.63, 3.8) is 0 Å². The van der Waals surface area contributed by atoms with E-state index < -0.39 is 0 Å². The van der Waals surface area contributed by atoms with Crippen LogP contribution in [0.3, 0.4) is 0 Å². The van der Waals surface area contributed by atoms with Crippen LogP contribution in [0.15, 0.2) is 0 Å². The number of hydrogen-bond acceptors (Lipinski definition) is 3. The molecule has 0 aromatic carbocycles. The van der Waals surface area contributed by atoms with E-state index in [9.17, 15) is 0 Å². The Bertz CT molecular complexity index is 181. The van der Waals surface area contributed by atoms with E-state index in [-0.39, 0.29) is 0 Å². The van der Waals surface area contributed by atoms with Gasteiger partial charge in [0.1, 0.15) is 0 Å². The summed E-state index contributed by atoms with van der Waals surface area (Å²) in [4.78, 5) is 0. The molecular weight excluding hydrogens is 198 g/mol. The molecule has 1 fully saturated rings. The van der Waals surface area contributed by atoms with E-state index >= 15 is 0 Å². The van der Waals surface area contributed by atoms with E-state index in [0.717, 1.165) is 32.8 Å². The van der Waals surface area contributed by atoms with E-state index in [1.165, 1.54) is 0 Å². The molecule has 1 saturated heterocycles. The average Bonchev–Trinajstić information content (AvgIpc) is 2.16. The summed E-state index contributed by atoms with van der Waals surface area (Å²) < 4.78 is 5.23. The molecule has 1 aliphatic rings. The first-order chi connectivity index (χ1) is 6.68. The minimum absolute atomic E-state index is 0.611. The fourth-order valence-electron chi connectivity index (χ4n) is 1.16. The summed E-state index contributed by atoms with van der Waals surface area (Å²) in [6.45, 7) is 8.57. The van der Waals surface area contributed by atoms with Gasteiger partial charge < -0.3 is 10.1 Å². The number of thiocarbonyl (C=S) groups is 1. The fraction of sp³-hybridized carbons (Fsp3) is 0.889. The van der Waals surface area contributed by atoms with Crippen LogP contribution in [0.25, 0.3) is 0 Å². The quantitative estimate of drug-likeness (QED) is 0.667. The third-order valence-corrected chi connectivity index (χ3v) is 2.18. The third-order valence-electron chi connectivity index (χ3n) is 1.94. The van der Waals surface area contributed by atoms with Crippen LogP contribution in [0.5, 0.6) is 0 Å². The summed E-state index contributed by atoms with van der Waals surface area (Å²) in [5, 5.41) is 5.96. The number of morpholine rings is 1. The first kappa shape index (κ1) is 11.7. The molecule has 0 amide bonds. The second kappa shape index (κ2) is 6.16. The lowest BCUT2D eigenvalue weighted by Crippen LogP contribution is -2.52. The summed E-state index contributed by atoms with van der Waals surface area (Å²) in [5.74, 6) is 0.611. The Hall–Kier alpha value is -0.390. The van der Waals surface area contributed by atoms with E-state index in [0.29, 0.717) is 11.0 Å². The molecule has 0 spiro atoms. The normalized spacial score (nSPS) is 18.2. The van der Waals surface area contributed by atoms with Crippen molar-refractivity contribution in [2.45, 2.75) is 13.8 Å². The predicted octanol–water partition coefficient (Wildman–Crippen LogP) is 0.354. The zero-order valence-corrected chi connectivity index (χ0v) is 9.69. The van der Waals surface area contributed by atoms with Crippen molar-refractivity contribution >= 4 is 17.3 Å². The Labute approximate surface area is 91.0 Å². The summed E-state index contributed by atoms with van der Waals surface area (Å²) >= 11 is 5.15. The van der Waals surface area contributed by atoms with Crippen molar-refractivity contribution in [3.8, 4) is 0 Å². The lowest BCUT2D eigenvalue weighted by Gasteiger charge is -2.28. The minimum atomic E-state index is 0.611. The van der Waals surface area contributed by atoms with Gasteiger partial charge in [0.2, 0.25) is 0 Å². The zero-order chi connectivity index (χ0) is 10.4. The molecule has 0 aliphatic carbocycles. The molecule has 0 unspecified atom stereocenters. The van der Waals surface area contributed by atoms with Crippen molar-refractivity contribution in [1.29, 1.82) is 0 Å². The van der Waals surface area contributed by atoms with E-state index in [2.05, 4.69) is 29.6 Å². The first-order valence-electron chi connectivity index (χ1n) is 5.05. The molecule has 2 N–H and O–H groups in total. The number of hydrogen-bond donors (Lipinski definition) is 2. The van der Waals surface area contributed by atoms with Gasteiger partial charge in [-0.1, -0.05) is 13.8 Å². The lowest BCUT2D eigenvalue weighted by atomic mass is 10.2. The number of ether oxygens (including phenoxy) is 1. The summed E-state index contributed by atoms with van der Waals surface area (Å²) in [7, 11) is 0. The van der Waals surface area contributed by atoms with Gasteiger partial charge in [-0.25, -0.2) is 5.01 Å². The number of nitrogens with one attached hydrogen (secondary N) is 2. The second-order valence-corrected chi connectivity index (χ2v) is 4.22. The highest BCUT2D eigenvalue weighted by molar-refractivity contribution is 7.80. The van der Waals surface area contributed by atoms with Crippen LogP contribution in [0.1, 0.15) is 13.8 Å². The van der Waals surface area contributed by atoms with Crippen LogP contribution in [0.2, 0.25) is 0 Å². The van der Waals surface area contributed by atoms with Gasteiger partial charge in [0, 0.05) is 19.6 Å². The summed E-state index contributed by atoms with van der Waals surface area (Å²) in [6.07, 6.45) is 0. The highest BCUT2D eigenvalue weighted by Crippen LogP contribution is 1.92. The van der Waals surface area contributed by atoms with Crippen LogP contribution < -0.4 is 10.7 Å². The summed E-state index contributed by atoms with van der Waals surface area (Å²) in [5.41, 5.74) is 3.15. The molecule has 0 saturated carbocycles. The molecule has 1 rings (SSSR count). The van der Waals surface area contributed by atoms with Gasteiger partial charge in [0.05, 0.1) is 13.2 Å². The largest absolute Gasteiger partial charge is 0.379 e. The van der Waals surface area contributed by atoms with E-state index in [1.807, 2.05) is 0 Å². The molecule has 5 heteroatoms. The van der Waals surface area contributed by atoms with Gasteiger partial charge in [-0.15, -0.1) is 0 Å². The maximum atomic E-state index is 5.23. The molecule has 0 bridgehead atoms. The van der Waals surface area contributed by atoms with Crippen LogP contribution in [0.4, 0.5) is 0 Å². The highest BCUT2D eigenvalue weighted by Gasteiger charge is 2.10. The monoisotopic (exact) mass is 217 g/mol. The van der Waals surface area contributed by atoms with E-state index in [4.69, 9.17) is 17.0 Å². The van der Waals surface area contributed by atoms with Gasteiger partial charge in [-0.05, 0) is 18.1 Å². The van der Waals surface area contributed by atoms with Gasteiger partial charge >= 0.3 is 0 Å². The Morgan fingerprint density at radius 2 is 2.07 bits per heavy atom. The van der Waals surface area contributed by atoms with Crippen LogP contribution >= 0.6 is 12.2 Å². The molecule has 4 nitrogen and oxygen atoms in total. The standard InChI is InChI=1S/C9H19N3OS/c1-8(2)7-10-9(14)11-12-3-5-13-6-4-12/h8H,3-7H2,1-2H3,(H2,10,11,14). The van der Waals surface area contributed by atoms with Crippen molar-refractivity contribution in [2.24, 2.45) is 5.92 Å². The summed E-state index contributed by atoms with van der Waals surface area (Å²) in [6, 6.07) is 0. The molecule has 0 atom stereocenters. The maximum Gasteiger partial charge on any atom is 0.181 e. The molecule has 1 aliphatic heterocycles. The SMILES string of the molecule is CC(C)CNC(=S)NN1CCOCC1. The fourth-order valence-corrected chi connectivity index (χ4v) is 1.37. The molecule has 1 heterocycles. The van der Waals surface area contributed by atoms with Gasteiger partial charge in [0.15, 0.2) is 5.11 Å². The topological polar surface area (TPSA) is 36.5 Å². The van der Waals surface area contributed by atoms with Gasteiger partial charge in [-0.2, -0.15) is 0 Å². The first-order valence-corrected chi connectivity index (χ1v) is 5.46. The Morgan fingerprint density at radius 1 is 1.43 bits per heavy atom. The average molecular weight is 217 g/mol. The predicted molar refractivity (Wildman–Crippen MR) is 61.0 cm³/mol. The molecule has 0 aromatic rings. The maximum absolute atomic E-state index is 5.23. The molecule has 0 radical (unpaired) electrons. The van der Waals surface area contributed by atoms with Gasteiger partial charge in [0.25, 0.3) is 0 Å². The Morgan fingerprint density at radius 3 is 2.64 bits per heavy atom. The zero-order valence-electron chi connectivity index (χ0n) is 8.88. The number of nitrogens with zero attached hydrogens (tertiary/aromatic N) is 1. The van der Waals surface area contributed by atoms with E-state index in [1.54, 1.807) is 0 Å². The van der Waals surface area contributed by atoms with Crippen molar-refractivity contribution in [3.05, 3.63) is 0 Å². The molecule has 14 heavy (non-hydrogen) atoms. The Kier molecular flexibility index (Phi) is 5.14. The highest BCUT2D eigenvalue weighted by atomic mass is 32.1. The van der Waals surface area contributed by atoms with Crippen LogP contribution in [0, 0.1) is 5.92 Å². The number of hydrazine groups is 1. The molecule has 82 valence electrons. The second-order valence-electron chi connectivity index (χ2n) is 3.82. The smallest absolute Gasteiger partial charge is 0.181 e. The van der Waals surface area contributed by atoms with Crippen molar-refractivity contribution < 1.29 is 4.74 Å². The minimum Gasteiger partial charge on any atom is -0.379 e. The van der Waals surface area contributed by atoms with Crippen LogP contribution in [-0.4, -0.2) is 43.0 Å². The Balaban J connectivity index is 2.12.